The quantitative estimate of drug-likeness (QED) is 0.849. The standard InChI is InChI=1S/C11H12BrF2NO/c12-8-1-2-9(13)7(10(8)14)5-11(15)3-4-16-6-11/h1-2H,3-6,15H2. The number of rotatable bonds is 2. The molecule has 1 unspecified atom stereocenters. The number of hydrogen-bond donors (Lipinski definition) is 1. The Bertz CT molecular complexity index is 405. The second kappa shape index (κ2) is 4.39. The van der Waals surface area contributed by atoms with Crippen molar-refractivity contribution in [3.05, 3.63) is 33.8 Å². The first-order chi connectivity index (χ1) is 7.52. The van der Waals surface area contributed by atoms with E-state index in [1.54, 1.807) is 0 Å². The minimum Gasteiger partial charge on any atom is -0.379 e. The molecule has 1 aromatic rings. The summed E-state index contributed by atoms with van der Waals surface area (Å²) in [6.45, 7) is 0.895. The Morgan fingerprint density at radius 1 is 1.44 bits per heavy atom. The molecule has 1 atom stereocenters. The highest BCUT2D eigenvalue weighted by Gasteiger charge is 2.32. The molecule has 1 heterocycles. The van der Waals surface area contributed by atoms with Gasteiger partial charge in [0.05, 0.1) is 11.1 Å². The number of halogens is 3. The van der Waals surface area contributed by atoms with Crippen LogP contribution < -0.4 is 5.73 Å². The van der Waals surface area contributed by atoms with E-state index in [4.69, 9.17) is 10.5 Å². The predicted octanol–water partition coefficient (Wildman–Crippen LogP) is 2.39. The Hall–Kier alpha value is -0.520. The van der Waals surface area contributed by atoms with Gasteiger partial charge in [-0.3, -0.25) is 0 Å². The molecule has 1 aliphatic rings. The van der Waals surface area contributed by atoms with Crippen molar-refractivity contribution in [1.29, 1.82) is 0 Å². The molecule has 1 saturated heterocycles. The lowest BCUT2D eigenvalue weighted by Gasteiger charge is -2.22. The van der Waals surface area contributed by atoms with Gasteiger partial charge in [-0.15, -0.1) is 0 Å². The molecule has 2 N–H and O–H groups in total. The average Bonchev–Trinajstić information content (AvgIpc) is 2.66. The summed E-state index contributed by atoms with van der Waals surface area (Å²) in [5.74, 6) is -1.13. The molecule has 2 rings (SSSR count). The van der Waals surface area contributed by atoms with Crippen LogP contribution in [0.1, 0.15) is 12.0 Å². The third kappa shape index (κ3) is 2.26. The van der Waals surface area contributed by atoms with E-state index >= 15 is 0 Å². The zero-order chi connectivity index (χ0) is 11.8. The van der Waals surface area contributed by atoms with Crippen LogP contribution in [0.3, 0.4) is 0 Å². The van der Waals surface area contributed by atoms with E-state index in [0.717, 1.165) is 0 Å². The van der Waals surface area contributed by atoms with Crippen molar-refractivity contribution in [3.63, 3.8) is 0 Å². The monoisotopic (exact) mass is 291 g/mol. The van der Waals surface area contributed by atoms with E-state index in [0.29, 0.717) is 19.6 Å². The molecular formula is C11H12BrF2NO. The van der Waals surface area contributed by atoms with Crippen molar-refractivity contribution in [2.75, 3.05) is 13.2 Å². The van der Waals surface area contributed by atoms with Crippen molar-refractivity contribution in [2.45, 2.75) is 18.4 Å². The SMILES string of the molecule is NC1(Cc2c(F)ccc(Br)c2F)CCOC1. The van der Waals surface area contributed by atoms with Gasteiger partial charge in [0.15, 0.2) is 0 Å². The van der Waals surface area contributed by atoms with Gasteiger partial charge in [-0.1, -0.05) is 0 Å². The highest BCUT2D eigenvalue weighted by Crippen LogP contribution is 2.27. The van der Waals surface area contributed by atoms with Crippen LogP contribution >= 0.6 is 15.9 Å². The number of nitrogens with two attached hydrogens (primary N) is 1. The van der Waals surface area contributed by atoms with E-state index in [2.05, 4.69) is 15.9 Å². The van der Waals surface area contributed by atoms with Crippen LogP contribution in [0, 0.1) is 11.6 Å². The fraction of sp³-hybridized carbons (Fsp3) is 0.455. The van der Waals surface area contributed by atoms with Crippen molar-refractivity contribution >= 4 is 15.9 Å². The Balaban J connectivity index is 2.30. The van der Waals surface area contributed by atoms with Crippen LogP contribution in [0.25, 0.3) is 0 Å². The lowest BCUT2D eigenvalue weighted by atomic mass is 9.91. The molecule has 5 heteroatoms. The smallest absolute Gasteiger partial charge is 0.143 e. The summed E-state index contributed by atoms with van der Waals surface area (Å²) in [6.07, 6.45) is 0.780. The molecule has 1 fully saturated rings. The fourth-order valence-electron chi connectivity index (χ4n) is 1.85. The second-order valence-electron chi connectivity index (χ2n) is 4.16. The van der Waals surface area contributed by atoms with Gasteiger partial charge in [-0.05, 0) is 40.9 Å². The van der Waals surface area contributed by atoms with Crippen LogP contribution in [-0.2, 0) is 11.2 Å². The molecule has 0 spiro atoms. The Kier molecular flexibility index (Phi) is 3.28. The second-order valence-corrected chi connectivity index (χ2v) is 5.02. The van der Waals surface area contributed by atoms with Crippen molar-refractivity contribution < 1.29 is 13.5 Å². The molecule has 16 heavy (non-hydrogen) atoms. The largest absolute Gasteiger partial charge is 0.379 e. The topological polar surface area (TPSA) is 35.2 Å². The maximum absolute atomic E-state index is 13.7. The van der Waals surface area contributed by atoms with Gasteiger partial charge in [0.2, 0.25) is 0 Å². The highest BCUT2D eigenvalue weighted by molar-refractivity contribution is 9.10. The Morgan fingerprint density at radius 2 is 2.19 bits per heavy atom. The number of ether oxygens (including phenoxy) is 1. The van der Waals surface area contributed by atoms with Gasteiger partial charge in [-0.2, -0.15) is 0 Å². The maximum atomic E-state index is 13.7. The number of hydrogen-bond acceptors (Lipinski definition) is 2. The molecule has 1 aromatic carbocycles. The minimum atomic E-state index is -0.650. The molecule has 0 saturated carbocycles. The van der Waals surface area contributed by atoms with Crippen LogP contribution in [0.4, 0.5) is 8.78 Å². The van der Waals surface area contributed by atoms with Gasteiger partial charge in [0.1, 0.15) is 11.6 Å². The molecular weight excluding hydrogens is 280 g/mol. The van der Waals surface area contributed by atoms with Crippen molar-refractivity contribution in [2.24, 2.45) is 5.73 Å². The zero-order valence-corrected chi connectivity index (χ0v) is 10.2. The van der Waals surface area contributed by atoms with Gasteiger partial charge in [0.25, 0.3) is 0 Å². The van der Waals surface area contributed by atoms with E-state index < -0.39 is 17.2 Å². The number of benzene rings is 1. The molecule has 0 bridgehead atoms. The maximum Gasteiger partial charge on any atom is 0.143 e. The molecule has 2 nitrogen and oxygen atoms in total. The lowest BCUT2D eigenvalue weighted by Crippen LogP contribution is -2.43. The van der Waals surface area contributed by atoms with E-state index in [-0.39, 0.29) is 16.5 Å². The van der Waals surface area contributed by atoms with E-state index in [1.807, 2.05) is 0 Å². The van der Waals surface area contributed by atoms with E-state index in [9.17, 15) is 8.78 Å². The molecule has 0 amide bonds. The normalized spacial score (nSPS) is 25.0. The summed E-state index contributed by atoms with van der Waals surface area (Å²) in [6, 6.07) is 2.59. The molecule has 0 aliphatic carbocycles. The Labute approximate surface area is 101 Å². The first kappa shape index (κ1) is 12.0. The summed E-state index contributed by atoms with van der Waals surface area (Å²) in [4.78, 5) is 0. The fourth-order valence-corrected chi connectivity index (χ4v) is 2.22. The first-order valence-electron chi connectivity index (χ1n) is 5.01. The van der Waals surface area contributed by atoms with Gasteiger partial charge in [0, 0.05) is 17.7 Å². The first-order valence-corrected chi connectivity index (χ1v) is 5.80. The molecule has 0 radical (unpaired) electrons. The molecule has 0 aromatic heterocycles. The van der Waals surface area contributed by atoms with Crippen LogP contribution in [0.15, 0.2) is 16.6 Å². The zero-order valence-electron chi connectivity index (χ0n) is 8.60. The summed E-state index contributed by atoms with van der Waals surface area (Å²) in [5.41, 5.74) is 5.38. The van der Waals surface area contributed by atoms with Gasteiger partial charge < -0.3 is 10.5 Å². The summed E-state index contributed by atoms with van der Waals surface area (Å²) >= 11 is 3.03. The van der Waals surface area contributed by atoms with Crippen LogP contribution in [0.2, 0.25) is 0 Å². The van der Waals surface area contributed by atoms with Crippen molar-refractivity contribution in [3.8, 4) is 0 Å². The minimum absolute atomic E-state index is 0.0300. The average molecular weight is 292 g/mol. The van der Waals surface area contributed by atoms with E-state index in [1.165, 1.54) is 12.1 Å². The Morgan fingerprint density at radius 3 is 2.81 bits per heavy atom. The summed E-state index contributed by atoms with van der Waals surface area (Å²) < 4.78 is 32.6. The van der Waals surface area contributed by atoms with Gasteiger partial charge >= 0.3 is 0 Å². The third-order valence-electron chi connectivity index (χ3n) is 2.80. The molecule has 88 valence electrons. The molecule has 1 aliphatic heterocycles. The van der Waals surface area contributed by atoms with Crippen LogP contribution in [0.5, 0.6) is 0 Å². The van der Waals surface area contributed by atoms with Crippen LogP contribution in [-0.4, -0.2) is 18.8 Å². The van der Waals surface area contributed by atoms with Crippen molar-refractivity contribution in [1.82, 2.24) is 0 Å². The highest BCUT2D eigenvalue weighted by atomic mass is 79.9. The predicted molar refractivity (Wildman–Crippen MR) is 60.1 cm³/mol. The van der Waals surface area contributed by atoms with Gasteiger partial charge in [-0.25, -0.2) is 8.78 Å². The lowest BCUT2D eigenvalue weighted by molar-refractivity contribution is 0.177. The summed E-state index contributed by atoms with van der Waals surface area (Å²) in [7, 11) is 0. The summed E-state index contributed by atoms with van der Waals surface area (Å²) in [5, 5.41) is 0. The third-order valence-corrected chi connectivity index (χ3v) is 3.41.